The lowest BCUT2D eigenvalue weighted by Gasteiger charge is -2.49. The Hall–Kier alpha value is -4.06. The van der Waals surface area contributed by atoms with E-state index in [9.17, 15) is 0 Å². The van der Waals surface area contributed by atoms with Crippen LogP contribution in [0.25, 0.3) is 21.7 Å². The van der Waals surface area contributed by atoms with Crippen LogP contribution in [0.5, 0.6) is 0 Å². The predicted octanol–water partition coefficient (Wildman–Crippen LogP) is 9.97. The molecule has 1 saturated heterocycles. The number of fused-ring (bicyclic) bond motifs is 9. The molecule has 6 aliphatic carbocycles. The average Bonchev–Trinajstić information content (AvgIpc) is 3.66. The minimum atomic E-state index is 0.0658. The number of allylic oxidation sites excluding steroid dienone is 6. The Bertz CT molecular complexity index is 2390. The normalized spacial score (nSPS) is 32.6. The Balaban J connectivity index is 1.04. The van der Waals surface area contributed by atoms with E-state index < -0.39 is 0 Å². The summed E-state index contributed by atoms with van der Waals surface area (Å²) >= 11 is 2.02. The highest BCUT2D eigenvalue weighted by molar-refractivity contribution is 7.17. The fourth-order valence-electron chi connectivity index (χ4n) is 11.5. The van der Waals surface area contributed by atoms with Crippen LogP contribution in [0.2, 0.25) is 0 Å². The second-order valence-corrected chi connectivity index (χ2v) is 18.3. The van der Waals surface area contributed by atoms with Gasteiger partial charge in [0.05, 0.1) is 18.5 Å². The van der Waals surface area contributed by atoms with E-state index in [1.165, 1.54) is 82.3 Å². The molecule has 9 unspecified atom stereocenters. The molecule has 4 aromatic rings. The van der Waals surface area contributed by atoms with Crippen LogP contribution in [-0.4, -0.2) is 18.5 Å². The minimum Gasteiger partial charge on any atom is -0.282 e. The van der Waals surface area contributed by atoms with Crippen molar-refractivity contribution in [1.29, 1.82) is 0 Å². The first-order chi connectivity index (χ1) is 27.3. The van der Waals surface area contributed by atoms with Crippen LogP contribution >= 0.6 is 11.3 Å². The largest absolute Gasteiger partial charge is 0.282 e. The summed E-state index contributed by atoms with van der Waals surface area (Å²) in [6.45, 7) is 0. The zero-order valence-corrected chi connectivity index (χ0v) is 32.6. The Morgan fingerprint density at radius 1 is 0.655 bits per heavy atom. The summed E-state index contributed by atoms with van der Waals surface area (Å²) in [5.41, 5.74) is 10.8. The van der Waals surface area contributed by atoms with E-state index in [0.717, 1.165) is 12.8 Å². The molecule has 1 fully saturated rings. The van der Waals surface area contributed by atoms with Crippen LogP contribution in [0.1, 0.15) is 98.7 Å². The maximum absolute atomic E-state index is 4.22. The Morgan fingerprint density at radius 2 is 1.51 bits per heavy atom. The Kier molecular flexibility index (Phi) is 9.00. The van der Waals surface area contributed by atoms with Gasteiger partial charge in [0, 0.05) is 27.0 Å². The number of hydrogen-bond donors (Lipinski definition) is 3. The Morgan fingerprint density at radius 3 is 2.38 bits per heavy atom. The number of hydrogen-bond acceptors (Lipinski definition) is 4. The molecule has 4 heteroatoms. The molecule has 11 rings (SSSR count). The fraction of sp³-hybridized carbons (Fsp3) is 0.373. The second-order valence-electron chi connectivity index (χ2n) is 17.2. The van der Waals surface area contributed by atoms with E-state index in [2.05, 4.69) is 143 Å². The second kappa shape index (κ2) is 14.5. The molecule has 7 aliphatic rings. The summed E-state index contributed by atoms with van der Waals surface area (Å²) < 4.78 is 2.92. The monoisotopic (exact) mass is 739 g/mol. The molecule has 3 aromatic carbocycles. The lowest BCUT2D eigenvalue weighted by molar-refractivity contribution is 0.189. The van der Waals surface area contributed by atoms with Crippen LogP contribution in [0.3, 0.4) is 0 Å². The SMILES string of the molecule is C1=CC2C(CC1)c1ccccc1C1C(C3=c4sc5ccccc5c4=CCC3)=CC(C3NC(C4=CCCCC4)NC(C4C=CC(c5ccccc5)CC4)N3)=CC12. The van der Waals surface area contributed by atoms with Crippen LogP contribution < -0.4 is 25.7 Å². The van der Waals surface area contributed by atoms with Crippen molar-refractivity contribution < 1.29 is 0 Å². The summed E-state index contributed by atoms with van der Waals surface area (Å²) in [5.74, 6) is 2.82. The third kappa shape index (κ3) is 6.12. The van der Waals surface area contributed by atoms with Crippen LogP contribution in [0.4, 0.5) is 0 Å². The van der Waals surface area contributed by atoms with E-state index >= 15 is 0 Å². The topological polar surface area (TPSA) is 36.1 Å². The zero-order chi connectivity index (χ0) is 36.3. The third-order valence-electron chi connectivity index (χ3n) is 14.2. The molecule has 55 heavy (non-hydrogen) atoms. The van der Waals surface area contributed by atoms with Crippen molar-refractivity contribution in [2.24, 2.45) is 17.8 Å². The van der Waals surface area contributed by atoms with Gasteiger partial charge in [-0.1, -0.05) is 121 Å². The quantitative estimate of drug-likeness (QED) is 0.179. The highest BCUT2D eigenvalue weighted by Gasteiger charge is 2.46. The van der Waals surface area contributed by atoms with Crippen molar-refractivity contribution in [2.45, 2.75) is 100 Å². The summed E-state index contributed by atoms with van der Waals surface area (Å²) in [6.07, 6.45) is 33.0. The molecule has 0 saturated carbocycles. The smallest absolute Gasteiger partial charge is 0.0859 e. The molecule has 0 bridgehead atoms. The van der Waals surface area contributed by atoms with E-state index in [-0.39, 0.29) is 18.5 Å². The lowest BCUT2D eigenvalue weighted by Crippen LogP contribution is -2.70. The Labute approximate surface area is 330 Å². The van der Waals surface area contributed by atoms with E-state index in [0.29, 0.717) is 35.5 Å². The highest BCUT2D eigenvalue weighted by Crippen LogP contribution is 2.57. The number of nitrogens with one attached hydrogen (secondary N) is 3. The van der Waals surface area contributed by atoms with Crippen molar-refractivity contribution in [3.63, 3.8) is 0 Å². The van der Waals surface area contributed by atoms with Gasteiger partial charge in [0.1, 0.15) is 0 Å². The lowest BCUT2D eigenvalue weighted by atomic mass is 9.57. The maximum Gasteiger partial charge on any atom is 0.0859 e. The van der Waals surface area contributed by atoms with Crippen molar-refractivity contribution in [3.8, 4) is 0 Å². The number of benzene rings is 3. The van der Waals surface area contributed by atoms with E-state index in [1.54, 1.807) is 27.8 Å². The van der Waals surface area contributed by atoms with E-state index in [1.807, 2.05) is 11.3 Å². The molecular formula is C51H53N3S. The van der Waals surface area contributed by atoms with Crippen molar-refractivity contribution in [1.82, 2.24) is 16.0 Å². The molecule has 3 N–H and O–H groups in total. The van der Waals surface area contributed by atoms with Gasteiger partial charge in [-0.05, 0) is 138 Å². The summed E-state index contributed by atoms with van der Waals surface area (Å²) in [6, 6.07) is 29.7. The van der Waals surface area contributed by atoms with Gasteiger partial charge in [-0.3, -0.25) is 16.0 Å². The molecule has 1 aromatic heterocycles. The molecule has 278 valence electrons. The molecule has 0 amide bonds. The number of thiophene rings is 1. The minimum absolute atomic E-state index is 0.0658. The zero-order valence-electron chi connectivity index (χ0n) is 31.8. The molecule has 2 heterocycles. The highest BCUT2D eigenvalue weighted by atomic mass is 32.1. The van der Waals surface area contributed by atoms with E-state index in [4.69, 9.17) is 0 Å². The molecule has 1 aliphatic heterocycles. The molecular weight excluding hydrogens is 687 g/mol. The molecule has 3 nitrogen and oxygen atoms in total. The van der Waals surface area contributed by atoms with Crippen molar-refractivity contribution in [3.05, 3.63) is 165 Å². The predicted molar refractivity (Wildman–Crippen MR) is 230 cm³/mol. The van der Waals surface area contributed by atoms with Gasteiger partial charge in [0.2, 0.25) is 0 Å². The van der Waals surface area contributed by atoms with Crippen LogP contribution in [-0.2, 0) is 0 Å². The van der Waals surface area contributed by atoms with Gasteiger partial charge < -0.3 is 0 Å². The van der Waals surface area contributed by atoms with Gasteiger partial charge in [0.25, 0.3) is 0 Å². The molecule has 0 spiro atoms. The summed E-state index contributed by atoms with van der Waals surface area (Å²) in [7, 11) is 0. The third-order valence-corrected chi connectivity index (χ3v) is 15.4. The first-order valence-electron chi connectivity index (χ1n) is 21.4. The molecule has 9 atom stereocenters. The van der Waals surface area contributed by atoms with Crippen molar-refractivity contribution in [2.75, 3.05) is 0 Å². The van der Waals surface area contributed by atoms with Crippen LogP contribution in [0, 0.1) is 17.8 Å². The number of rotatable bonds is 5. The van der Waals surface area contributed by atoms with Crippen molar-refractivity contribution >= 4 is 33.1 Å². The summed E-state index contributed by atoms with van der Waals surface area (Å²) in [5, 5.41) is 15.4. The first-order valence-corrected chi connectivity index (χ1v) is 22.2. The standard InChI is InChI=1S/C51H53N3S/c1-3-14-32(15-4-1)33-26-28-35(29-27-33)50-52-49(34-16-5-2-6-17-34)53-51(54-50)36-30-44-39-20-8-7-18-37(39)38-19-9-10-22-41(38)47(44)45(31-36)43-24-13-23-42-40-21-11-12-25-46(40)55-48(42)43/h1,3-4,8-12,14-16,19-23,25-26,28,30-31,33,35,37,39,44,47,49-54H,2,5-7,13,17-18,24,27,29H2. The summed E-state index contributed by atoms with van der Waals surface area (Å²) in [4.78, 5) is 0. The van der Waals surface area contributed by atoms with Gasteiger partial charge in [-0.15, -0.1) is 11.3 Å². The van der Waals surface area contributed by atoms with Gasteiger partial charge >= 0.3 is 0 Å². The first kappa shape index (κ1) is 34.2. The van der Waals surface area contributed by atoms with Gasteiger partial charge in [-0.25, -0.2) is 0 Å². The van der Waals surface area contributed by atoms with Gasteiger partial charge in [0.15, 0.2) is 0 Å². The fourth-order valence-corrected chi connectivity index (χ4v) is 12.8. The van der Waals surface area contributed by atoms with Crippen LogP contribution in [0.15, 0.2) is 138 Å². The maximum atomic E-state index is 4.22. The average molecular weight is 740 g/mol. The molecule has 0 radical (unpaired) electrons. The van der Waals surface area contributed by atoms with Gasteiger partial charge in [-0.2, -0.15) is 0 Å².